The first-order valence-electron chi connectivity index (χ1n) is 20.6. The van der Waals surface area contributed by atoms with Crippen molar-refractivity contribution < 1.29 is 43.0 Å². The zero-order valence-corrected chi connectivity index (χ0v) is 37.2. The molecule has 1 aromatic carbocycles. The zero-order valence-electron chi connectivity index (χ0n) is 37.2. The van der Waals surface area contributed by atoms with Crippen LogP contribution in [0.4, 0.5) is 0 Å². The number of hydrogen-bond donors (Lipinski definition) is 3. The molecule has 1 aliphatic rings. The van der Waals surface area contributed by atoms with Crippen LogP contribution >= 0.6 is 0 Å². The topological polar surface area (TPSA) is 190 Å². The molecule has 0 aromatic heterocycles. The van der Waals surface area contributed by atoms with Crippen LogP contribution in [0.15, 0.2) is 30.3 Å². The van der Waals surface area contributed by atoms with E-state index < -0.39 is 72.2 Å². The van der Waals surface area contributed by atoms with Gasteiger partial charge in [0.1, 0.15) is 18.1 Å². The molecule has 0 aliphatic carbocycles. The Morgan fingerprint density at radius 3 is 1.97 bits per heavy atom. The van der Waals surface area contributed by atoms with Crippen LogP contribution in [-0.2, 0) is 49.4 Å². The molecule has 10 atom stereocenters. The van der Waals surface area contributed by atoms with E-state index in [0.29, 0.717) is 25.8 Å². The number of esters is 1. The number of rotatable bonds is 22. The van der Waals surface area contributed by atoms with Crippen LogP contribution in [0.2, 0.25) is 0 Å². The minimum Gasteiger partial charge on any atom is -0.467 e. The van der Waals surface area contributed by atoms with Crippen LogP contribution in [0.1, 0.15) is 86.6 Å². The molecule has 1 saturated heterocycles. The van der Waals surface area contributed by atoms with E-state index in [1.165, 1.54) is 33.3 Å². The number of likely N-dealkylation sites (tertiary alicyclic amines) is 1. The highest BCUT2D eigenvalue weighted by molar-refractivity contribution is 5.93. The van der Waals surface area contributed by atoms with E-state index >= 15 is 0 Å². The van der Waals surface area contributed by atoms with Crippen molar-refractivity contribution in [2.45, 2.75) is 136 Å². The molecule has 1 unspecified atom stereocenters. The summed E-state index contributed by atoms with van der Waals surface area (Å²) >= 11 is 0. The summed E-state index contributed by atoms with van der Waals surface area (Å²) in [5, 5.41) is 5.78. The molecule has 5 amide bonds. The number of nitrogens with two attached hydrogens (primary N) is 1. The van der Waals surface area contributed by atoms with Crippen LogP contribution < -0.4 is 16.4 Å². The van der Waals surface area contributed by atoms with Crippen molar-refractivity contribution >= 4 is 35.5 Å². The Balaban J connectivity index is 2.31. The number of likely N-dealkylation sites (N-methyl/N-ethyl adjacent to an activating group) is 2. The monoisotopic (exact) mass is 817 g/mol. The highest BCUT2D eigenvalue weighted by Crippen LogP contribution is 2.30. The number of ether oxygens (including phenoxy) is 3. The molecule has 0 bridgehead atoms. The van der Waals surface area contributed by atoms with E-state index in [0.717, 1.165) is 5.56 Å². The smallest absolute Gasteiger partial charge is 0.328 e. The molecule has 15 nitrogen and oxygen atoms in total. The van der Waals surface area contributed by atoms with E-state index in [-0.39, 0.29) is 48.3 Å². The molecule has 15 heteroatoms. The second kappa shape index (κ2) is 23.5. The number of hydrogen-bond acceptors (Lipinski definition) is 10. The molecule has 1 fully saturated rings. The predicted molar refractivity (Wildman–Crippen MR) is 222 cm³/mol. The van der Waals surface area contributed by atoms with Gasteiger partial charge in [0.05, 0.1) is 49.8 Å². The van der Waals surface area contributed by atoms with Gasteiger partial charge < -0.3 is 45.3 Å². The average molecular weight is 817 g/mol. The third-order valence-corrected chi connectivity index (χ3v) is 11.6. The van der Waals surface area contributed by atoms with Crippen molar-refractivity contribution in [3.8, 4) is 0 Å². The largest absolute Gasteiger partial charge is 0.467 e. The fourth-order valence-electron chi connectivity index (χ4n) is 8.15. The minimum atomic E-state index is -0.929. The third kappa shape index (κ3) is 13.0. The Morgan fingerprint density at radius 1 is 0.845 bits per heavy atom. The fraction of sp³-hybridized carbons (Fsp3) is 0.721. The average Bonchev–Trinajstić information content (AvgIpc) is 3.68. The molecule has 58 heavy (non-hydrogen) atoms. The van der Waals surface area contributed by atoms with Crippen molar-refractivity contribution in [1.29, 1.82) is 0 Å². The van der Waals surface area contributed by atoms with Gasteiger partial charge in [-0.25, -0.2) is 4.79 Å². The van der Waals surface area contributed by atoms with Crippen LogP contribution in [-0.4, -0.2) is 141 Å². The van der Waals surface area contributed by atoms with Gasteiger partial charge >= 0.3 is 5.97 Å². The van der Waals surface area contributed by atoms with Crippen molar-refractivity contribution in [3.63, 3.8) is 0 Å². The molecule has 4 N–H and O–H groups in total. The predicted octanol–water partition coefficient (Wildman–Crippen LogP) is 2.78. The number of carbonyl (C=O) groups is 6. The van der Waals surface area contributed by atoms with E-state index in [4.69, 9.17) is 19.9 Å². The van der Waals surface area contributed by atoms with E-state index in [1.807, 2.05) is 71.9 Å². The Labute approximate surface area is 346 Å². The molecule has 0 radical (unpaired) electrons. The summed E-state index contributed by atoms with van der Waals surface area (Å²) < 4.78 is 16.9. The van der Waals surface area contributed by atoms with Crippen molar-refractivity contribution in [2.75, 3.05) is 42.0 Å². The Morgan fingerprint density at radius 2 is 1.47 bits per heavy atom. The molecule has 2 rings (SSSR count). The molecule has 328 valence electrons. The second-order valence-electron chi connectivity index (χ2n) is 16.5. The number of benzene rings is 1. The molecule has 0 saturated carbocycles. The number of methoxy groups -OCH3 is 3. The van der Waals surface area contributed by atoms with Gasteiger partial charge in [-0.15, -0.1) is 0 Å². The standard InChI is InChI=1S/C43H72N6O9/c1-14-27(6)37(48(10)42(54)35(25(2)3)46-40(52)36(26(4)5)47(9)41(53)29(8)44)33(56-11)24-34(50)49-22-18-21-32(49)38(57-12)28(7)39(51)45-31(43(55)58-13)23-30-19-16-15-17-20-30/h15-17,19-20,25-29,31-33,35-38H,14,18,21-24,44H2,1-13H3,(H,45,51)(H,46,52)/t27-,28+,29?,31-,32-,33+,35-,36+,37-,38+/m0/s1. The highest BCUT2D eigenvalue weighted by atomic mass is 16.5. The first-order chi connectivity index (χ1) is 27.3. The molecule has 1 aromatic rings. The minimum absolute atomic E-state index is 0.0452. The van der Waals surface area contributed by atoms with Gasteiger partial charge in [-0.2, -0.15) is 0 Å². The van der Waals surface area contributed by atoms with Gasteiger partial charge in [-0.1, -0.05) is 85.2 Å². The third-order valence-electron chi connectivity index (χ3n) is 11.6. The Hall–Kier alpha value is -4.08. The number of carbonyl (C=O) groups excluding carboxylic acids is 6. The molecular weight excluding hydrogens is 745 g/mol. The summed E-state index contributed by atoms with van der Waals surface area (Å²) in [6.45, 7) is 15.1. The molecule has 0 spiro atoms. The maximum Gasteiger partial charge on any atom is 0.328 e. The Kier molecular flexibility index (Phi) is 20.3. The number of nitrogens with one attached hydrogen (secondary N) is 2. The van der Waals surface area contributed by atoms with Crippen LogP contribution in [0.3, 0.4) is 0 Å². The van der Waals surface area contributed by atoms with Gasteiger partial charge in [0.15, 0.2) is 0 Å². The second-order valence-corrected chi connectivity index (χ2v) is 16.5. The lowest BCUT2D eigenvalue weighted by Gasteiger charge is -2.41. The fourth-order valence-corrected chi connectivity index (χ4v) is 8.15. The normalized spacial score (nSPS) is 18.9. The van der Waals surface area contributed by atoms with Gasteiger partial charge in [-0.05, 0) is 43.1 Å². The molecule has 1 heterocycles. The lowest BCUT2D eigenvalue weighted by atomic mass is 9.89. The number of nitrogens with zero attached hydrogens (tertiary/aromatic N) is 3. The van der Waals surface area contributed by atoms with Crippen molar-refractivity contribution in [2.24, 2.45) is 29.4 Å². The summed E-state index contributed by atoms with van der Waals surface area (Å²) in [5.41, 5.74) is 6.71. The zero-order chi connectivity index (χ0) is 44.0. The number of amides is 5. The SMILES string of the molecule is CC[C@H](C)[C@@H]([C@@H](CC(=O)N1CCC[C@H]1[C@H](OC)[C@@H](C)C(=O)N[C@@H](Cc1ccccc1)C(=O)OC)OC)N(C)C(=O)[C@@H](NC(=O)[C@@H](C(C)C)N(C)C(=O)C(C)N)C(C)C. The summed E-state index contributed by atoms with van der Waals surface area (Å²) in [4.78, 5) is 86.2. The molecular formula is C43H72N6O9. The summed E-state index contributed by atoms with van der Waals surface area (Å²) in [5.74, 6) is -3.75. The van der Waals surface area contributed by atoms with Gasteiger partial charge in [-0.3, -0.25) is 24.0 Å². The van der Waals surface area contributed by atoms with E-state index in [1.54, 1.807) is 30.7 Å². The quantitative estimate of drug-likeness (QED) is 0.147. The van der Waals surface area contributed by atoms with Crippen molar-refractivity contribution in [3.05, 3.63) is 35.9 Å². The van der Waals surface area contributed by atoms with Crippen molar-refractivity contribution in [1.82, 2.24) is 25.3 Å². The van der Waals surface area contributed by atoms with Gasteiger partial charge in [0.2, 0.25) is 29.5 Å². The lowest BCUT2D eigenvalue weighted by Crippen LogP contribution is -2.61. The summed E-state index contributed by atoms with van der Waals surface area (Å²) in [6, 6.07) is 4.87. The first kappa shape index (κ1) is 50.1. The van der Waals surface area contributed by atoms with E-state index in [9.17, 15) is 28.8 Å². The van der Waals surface area contributed by atoms with Crippen LogP contribution in [0, 0.1) is 23.7 Å². The lowest BCUT2D eigenvalue weighted by molar-refractivity contribution is -0.149. The van der Waals surface area contributed by atoms with E-state index in [2.05, 4.69) is 10.6 Å². The highest BCUT2D eigenvalue weighted by Gasteiger charge is 2.44. The van der Waals surface area contributed by atoms with Crippen LogP contribution in [0.25, 0.3) is 0 Å². The van der Waals surface area contributed by atoms with Gasteiger partial charge in [0.25, 0.3) is 0 Å². The Bertz CT molecular complexity index is 1510. The first-order valence-corrected chi connectivity index (χ1v) is 20.6. The van der Waals surface area contributed by atoms with Crippen LogP contribution in [0.5, 0.6) is 0 Å². The maximum absolute atomic E-state index is 14.4. The summed E-state index contributed by atoms with van der Waals surface area (Å²) in [6.07, 6.45) is 0.804. The van der Waals surface area contributed by atoms with Gasteiger partial charge in [0, 0.05) is 41.3 Å². The molecule has 1 aliphatic heterocycles. The summed E-state index contributed by atoms with van der Waals surface area (Å²) in [7, 11) is 7.51. The maximum atomic E-state index is 14.4.